The van der Waals surface area contributed by atoms with Crippen molar-refractivity contribution in [3.8, 4) is 11.8 Å². The average molecular weight is 255 g/mol. The molecule has 0 saturated carbocycles. The van der Waals surface area contributed by atoms with Gasteiger partial charge in [0.1, 0.15) is 12.4 Å². The van der Waals surface area contributed by atoms with E-state index in [9.17, 15) is 8.42 Å². The Morgan fingerprint density at radius 3 is 2.82 bits per heavy atom. The summed E-state index contributed by atoms with van der Waals surface area (Å²) in [6, 6.07) is 3.11. The van der Waals surface area contributed by atoms with Gasteiger partial charge in [0, 0.05) is 25.9 Å². The summed E-state index contributed by atoms with van der Waals surface area (Å²) in [5.41, 5.74) is 0.575. The SMILES string of the molecule is CN(C)S(=O)(=O)Nc1cc(C#CCO)ccn1. The Kier molecular flexibility index (Phi) is 4.45. The summed E-state index contributed by atoms with van der Waals surface area (Å²) in [6.07, 6.45) is 1.44. The Balaban J connectivity index is 2.94. The van der Waals surface area contributed by atoms with Crippen molar-refractivity contribution in [1.82, 2.24) is 9.29 Å². The summed E-state index contributed by atoms with van der Waals surface area (Å²) >= 11 is 0. The topological polar surface area (TPSA) is 82.5 Å². The van der Waals surface area contributed by atoms with Crippen LogP contribution in [0.15, 0.2) is 18.3 Å². The predicted molar refractivity (Wildman–Crippen MR) is 64.4 cm³/mol. The number of hydrogen-bond donors (Lipinski definition) is 2. The van der Waals surface area contributed by atoms with E-state index in [1.807, 2.05) is 0 Å². The quantitative estimate of drug-likeness (QED) is 0.723. The van der Waals surface area contributed by atoms with Crippen LogP contribution in [-0.2, 0) is 10.2 Å². The molecule has 0 saturated heterocycles. The fourth-order valence-corrected chi connectivity index (χ4v) is 1.49. The second-order valence-corrected chi connectivity index (χ2v) is 5.16. The fraction of sp³-hybridized carbons (Fsp3) is 0.300. The number of nitrogens with zero attached hydrogens (tertiary/aromatic N) is 2. The molecule has 1 heterocycles. The molecule has 0 aliphatic rings. The third-order valence-electron chi connectivity index (χ3n) is 1.79. The highest BCUT2D eigenvalue weighted by molar-refractivity contribution is 7.90. The maximum absolute atomic E-state index is 11.5. The van der Waals surface area contributed by atoms with Crippen LogP contribution in [0.25, 0.3) is 0 Å². The van der Waals surface area contributed by atoms with Crippen molar-refractivity contribution < 1.29 is 13.5 Å². The third-order valence-corrected chi connectivity index (χ3v) is 3.21. The molecule has 0 atom stereocenters. The molecule has 0 aliphatic carbocycles. The van der Waals surface area contributed by atoms with E-state index in [4.69, 9.17) is 5.11 Å². The van der Waals surface area contributed by atoms with Gasteiger partial charge in [0.25, 0.3) is 0 Å². The minimum atomic E-state index is -3.57. The standard InChI is InChI=1S/C10H13N3O3S/c1-13(2)17(15,16)12-10-8-9(4-3-7-14)5-6-11-10/h5-6,8,14H,7H2,1-2H3,(H,11,12). The molecule has 0 bridgehead atoms. The monoisotopic (exact) mass is 255 g/mol. The summed E-state index contributed by atoms with van der Waals surface area (Å²) < 4.78 is 26.4. The fourth-order valence-electron chi connectivity index (χ4n) is 0.929. The van der Waals surface area contributed by atoms with Crippen LogP contribution >= 0.6 is 0 Å². The van der Waals surface area contributed by atoms with E-state index in [1.54, 1.807) is 6.07 Å². The molecule has 0 aromatic carbocycles. The molecule has 0 spiro atoms. The zero-order valence-electron chi connectivity index (χ0n) is 9.51. The lowest BCUT2D eigenvalue weighted by atomic mass is 10.2. The average Bonchev–Trinajstić information content (AvgIpc) is 2.26. The van der Waals surface area contributed by atoms with E-state index < -0.39 is 10.2 Å². The summed E-state index contributed by atoms with van der Waals surface area (Å²) in [5.74, 6) is 5.31. The van der Waals surface area contributed by atoms with Crippen molar-refractivity contribution in [1.29, 1.82) is 0 Å². The van der Waals surface area contributed by atoms with Gasteiger partial charge in [0.15, 0.2) is 0 Å². The molecular weight excluding hydrogens is 242 g/mol. The highest BCUT2D eigenvalue weighted by Crippen LogP contribution is 2.08. The van der Waals surface area contributed by atoms with Gasteiger partial charge in [0.2, 0.25) is 0 Å². The van der Waals surface area contributed by atoms with Gasteiger partial charge in [-0.3, -0.25) is 4.72 Å². The summed E-state index contributed by atoms with van der Waals surface area (Å²) in [6.45, 7) is -0.249. The maximum atomic E-state index is 11.5. The molecule has 0 aliphatic heterocycles. The van der Waals surface area contributed by atoms with Crippen LogP contribution in [0.2, 0.25) is 0 Å². The van der Waals surface area contributed by atoms with E-state index in [0.717, 1.165) is 4.31 Å². The van der Waals surface area contributed by atoms with E-state index in [-0.39, 0.29) is 12.4 Å². The van der Waals surface area contributed by atoms with E-state index >= 15 is 0 Å². The molecule has 0 radical (unpaired) electrons. The molecule has 0 unspecified atom stereocenters. The normalized spacial score (nSPS) is 10.8. The lowest BCUT2D eigenvalue weighted by molar-refractivity contribution is 0.350. The third kappa shape index (κ3) is 4.03. The van der Waals surface area contributed by atoms with Gasteiger partial charge in [-0.1, -0.05) is 11.8 Å². The lowest BCUT2D eigenvalue weighted by Crippen LogP contribution is -2.29. The number of anilines is 1. The lowest BCUT2D eigenvalue weighted by Gasteiger charge is -2.12. The molecule has 92 valence electrons. The predicted octanol–water partition coefficient (Wildman–Crippen LogP) is -0.356. The molecule has 1 aromatic rings. The van der Waals surface area contributed by atoms with E-state index in [0.29, 0.717) is 5.56 Å². The van der Waals surface area contributed by atoms with Crippen LogP contribution in [-0.4, -0.2) is 43.5 Å². The van der Waals surface area contributed by atoms with Crippen LogP contribution in [0.1, 0.15) is 5.56 Å². The second kappa shape index (κ2) is 5.63. The van der Waals surface area contributed by atoms with Gasteiger partial charge in [-0.25, -0.2) is 4.98 Å². The highest BCUT2D eigenvalue weighted by atomic mass is 32.2. The molecule has 1 rings (SSSR count). The first-order valence-electron chi connectivity index (χ1n) is 4.72. The van der Waals surface area contributed by atoms with Crippen molar-refractivity contribution in [3.05, 3.63) is 23.9 Å². The van der Waals surface area contributed by atoms with Gasteiger partial charge in [-0.15, -0.1) is 0 Å². The van der Waals surface area contributed by atoms with Crippen molar-refractivity contribution in [3.63, 3.8) is 0 Å². The summed E-state index contributed by atoms with van der Waals surface area (Å²) in [7, 11) is -0.736. The zero-order chi connectivity index (χ0) is 12.9. The number of aromatic nitrogens is 1. The van der Waals surface area contributed by atoms with Crippen molar-refractivity contribution in [2.45, 2.75) is 0 Å². The van der Waals surface area contributed by atoms with Crippen LogP contribution in [0.4, 0.5) is 5.82 Å². The molecule has 0 amide bonds. The molecule has 7 heteroatoms. The minimum Gasteiger partial charge on any atom is -0.384 e. The van der Waals surface area contributed by atoms with Crippen molar-refractivity contribution in [2.24, 2.45) is 0 Å². The number of nitrogens with one attached hydrogen (secondary N) is 1. The van der Waals surface area contributed by atoms with Gasteiger partial charge < -0.3 is 5.11 Å². The van der Waals surface area contributed by atoms with Crippen molar-refractivity contribution >= 4 is 16.0 Å². The second-order valence-electron chi connectivity index (χ2n) is 3.28. The van der Waals surface area contributed by atoms with Crippen LogP contribution in [0, 0.1) is 11.8 Å². The van der Waals surface area contributed by atoms with E-state index in [1.165, 1.54) is 26.4 Å². The highest BCUT2D eigenvalue weighted by Gasteiger charge is 2.13. The van der Waals surface area contributed by atoms with Gasteiger partial charge in [0.05, 0.1) is 0 Å². The first kappa shape index (κ1) is 13.4. The Hall–Kier alpha value is -1.62. The van der Waals surface area contributed by atoms with Crippen molar-refractivity contribution in [2.75, 3.05) is 25.4 Å². The summed E-state index contributed by atoms with van der Waals surface area (Å²) in [5, 5.41) is 8.55. The van der Waals surface area contributed by atoms with E-state index in [2.05, 4.69) is 21.5 Å². The van der Waals surface area contributed by atoms with Gasteiger partial charge in [-0.2, -0.15) is 12.7 Å². The maximum Gasteiger partial charge on any atom is 0.302 e. The minimum absolute atomic E-state index is 0.184. The smallest absolute Gasteiger partial charge is 0.302 e. The van der Waals surface area contributed by atoms with Crippen LogP contribution in [0.5, 0.6) is 0 Å². The molecular formula is C10H13N3O3S. The Morgan fingerprint density at radius 1 is 1.53 bits per heavy atom. The first-order chi connectivity index (χ1) is 7.95. The summed E-state index contributed by atoms with van der Waals surface area (Å²) in [4.78, 5) is 3.87. The molecule has 17 heavy (non-hydrogen) atoms. The Bertz CT molecular complexity index is 543. The number of hydrogen-bond acceptors (Lipinski definition) is 4. The molecule has 1 aromatic heterocycles. The van der Waals surface area contributed by atoms with Gasteiger partial charge >= 0.3 is 10.2 Å². The first-order valence-corrected chi connectivity index (χ1v) is 6.16. The number of pyridine rings is 1. The van der Waals surface area contributed by atoms with Crippen LogP contribution < -0.4 is 4.72 Å². The van der Waals surface area contributed by atoms with Gasteiger partial charge in [-0.05, 0) is 12.1 Å². The molecule has 6 nitrogen and oxygen atoms in total. The van der Waals surface area contributed by atoms with Crippen LogP contribution in [0.3, 0.4) is 0 Å². The number of rotatable bonds is 3. The molecule has 0 fully saturated rings. The zero-order valence-corrected chi connectivity index (χ0v) is 10.3. The largest absolute Gasteiger partial charge is 0.384 e. The number of aliphatic hydroxyl groups excluding tert-OH is 1. The number of aliphatic hydroxyl groups is 1. The Labute approximate surface area is 100 Å². The molecule has 2 N–H and O–H groups in total. The Morgan fingerprint density at radius 2 is 2.24 bits per heavy atom.